The van der Waals surface area contributed by atoms with Crippen molar-refractivity contribution in [3.63, 3.8) is 0 Å². The third kappa shape index (κ3) is 3.52. The van der Waals surface area contributed by atoms with Crippen LogP contribution in [0.25, 0.3) is 0 Å². The Kier molecular flexibility index (Phi) is 5.43. The van der Waals surface area contributed by atoms with Gasteiger partial charge in [-0.2, -0.15) is 10.2 Å². The van der Waals surface area contributed by atoms with Gasteiger partial charge in [-0.05, 0) is 20.8 Å². The van der Waals surface area contributed by atoms with E-state index in [4.69, 9.17) is 4.74 Å². The number of amides is 1. The van der Waals surface area contributed by atoms with Gasteiger partial charge in [0.1, 0.15) is 0 Å². The van der Waals surface area contributed by atoms with Gasteiger partial charge >= 0.3 is 0 Å². The van der Waals surface area contributed by atoms with Gasteiger partial charge in [-0.15, -0.1) is 0 Å². The van der Waals surface area contributed by atoms with Gasteiger partial charge in [0.2, 0.25) is 0 Å². The second-order valence-electron chi connectivity index (χ2n) is 6.78. The van der Waals surface area contributed by atoms with Crippen molar-refractivity contribution in [1.82, 2.24) is 24.5 Å². The first-order valence-corrected chi connectivity index (χ1v) is 9.07. The van der Waals surface area contributed by atoms with E-state index in [2.05, 4.69) is 10.2 Å². The quantitative estimate of drug-likeness (QED) is 0.838. The number of carbonyl (C=O) groups is 1. The van der Waals surface area contributed by atoms with E-state index in [9.17, 15) is 9.90 Å². The van der Waals surface area contributed by atoms with Gasteiger partial charge in [-0.3, -0.25) is 14.2 Å². The van der Waals surface area contributed by atoms with E-state index in [1.807, 2.05) is 38.7 Å². The molecule has 0 saturated carbocycles. The minimum absolute atomic E-state index is 0.0438. The third-order valence-electron chi connectivity index (χ3n) is 4.75. The summed E-state index contributed by atoms with van der Waals surface area (Å²) in [5.74, 6) is -0.165. The van der Waals surface area contributed by atoms with E-state index >= 15 is 0 Å². The predicted octanol–water partition coefficient (Wildman–Crippen LogP) is 1.29. The molecule has 0 aromatic carbocycles. The molecule has 8 nitrogen and oxygen atoms in total. The fraction of sp³-hybridized carbons (Fsp3) is 0.611. The Balaban J connectivity index is 1.89. The molecule has 0 saturated heterocycles. The number of ether oxygens (including phenoxy) is 1. The molecule has 1 aliphatic heterocycles. The summed E-state index contributed by atoms with van der Waals surface area (Å²) in [4.78, 5) is 14.8. The number of rotatable bonds is 6. The Morgan fingerprint density at radius 1 is 1.46 bits per heavy atom. The Hall–Kier alpha value is -2.19. The lowest BCUT2D eigenvalue weighted by Crippen LogP contribution is -2.34. The molecule has 0 bridgehead atoms. The molecule has 1 amide bonds. The highest BCUT2D eigenvalue weighted by molar-refractivity contribution is 5.94. The van der Waals surface area contributed by atoms with Crippen LogP contribution < -0.4 is 0 Å². The normalized spacial score (nSPS) is 19.4. The molecular weight excluding hydrogens is 334 g/mol. The molecule has 2 atom stereocenters. The maximum absolute atomic E-state index is 13.2. The predicted molar refractivity (Wildman–Crippen MR) is 95.6 cm³/mol. The van der Waals surface area contributed by atoms with Crippen molar-refractivity contribution in [2.45, 2.75) is 52.5 Å². The van der Waals surface area contributed by atoms with E-state index in [0.29, 0.717) is 18.7 Å². The smallest absolute Gasteiger partial charge is 0.275 e. The molecule has 2 aromatic rings. The lowest BCUT2D eigenvalue weighted by molar-refractivity contribution is -0.00907. The number of aryl methyl sites for hydroxylation is 2. The van der Waals surface area contributed by atoms with Crippen LogP contribution in [0, 0.1) is 0 Å². The largest absolute Gasteiger partial charge is 0.395 e. The van der Waals surface area contributed by atoms with Crippen molar-refractivity contribution in [3.05, 3.63) is 34.9 Å². The molecule has 3 rings (SSSR count). The molecule has 0 spiro atoms. The minimum Gasteiger partial charge on any atom is -0.395 e. The molecule has 3 heterocycles. The first-order valence-electron chi connectivity index (χ1n) is 9.07. The molecule has 2 aromatic heterocycles. The lowest BCUT2D eigenvalue weighted by Gasteiger charge is -2.27. The Labute approximate surface area is 153 Å². The second-order valence-corrected chi connectivity index (χ2v) is 6.78. The van der Waals surface area contributed by atoms with Crippen LogP contribution in [0.3, 0.4) is 0 Å². The first kappa shape index (κ1) is 18.6. The number of hydrogen-bond acceptors (Lipinski definition) is 5. The zero-order chi connectivity index (χ0) is 18.8. The summed E-state index contributed by atoms with van der Waals surface area (Å²) >= 11 is 0. The summed E-state index contributed by atoms with van der Waals surface area (Å²) < 4.78 is 9.43. The van der Waals surface area contributed by atoms with E-state index in [-0.39, 0.29) is 31.3 Å². The van der Waals surface area contributed by atoms with Crippen molar-refractivity contribution in [3.8, 4) is 0 Å². The van der Waals surface area contributed by atoms with Gasteiger partial charge in [0.05, 0.1) is 30.7 Å². The fourth-order valence-electron chi connectivity index (χ4n) is 3.62. The highest BCUT2D eigenvalue weighted by atomic mass is 16.5. The van der Waals surface area contributed by atoms with Crippen LogP contribution >= 0.6 is 0 Å². The van der Waals surface area contributed by atoms with Gasteiger partial charge in [0.15, 0.2) is 5.69 Å². The van der Waals surface area contributed by atoms with Crippen molar-refractivity contribution in [2.75, 3.05) is 13.2 Å². The Bertz CT molecular complexity index is 782. The zero-order valence-electron chi connectivity index (χ0n) is 15.8. The summed E-state index contributed by atoms with van der Waals surface area (Å²) in [6.45, 7) is 7.32. The number of fused-ring (bicyclic) bond motifs is 1. The maximum atomic E-state index is 13.2. The Morgan fingerprint density at radius 2 is 2.23 bits per heavy atom. The van der Waals surface area contributed by atoms with Crippen LogP contribution in [-0.2, 0) is 31.3 Å². The van der Waals surface area contributed by atoms with Crippen molar-refractivity contribution < 1.29 is 14.6 Å². The standard InChI is InChI=1S/C18H27N5O3/c1-5-23-11-14(9-19-23)10-22(6-7-24)18(25)16-15-8-12(2)26-13(3)17(15)21(4)20-16/h9,11-13,24H,5-8,10H2,1-4H3/t12-,13+/m0/s1. The monoisotopic (exact) mass is 361 g/mol. The van der Waals surface area contributed by atoms with Crippen LogP contribution in [0.4, 0.5) is 0 Å². The molecule has 0 radical (unpaired) electrons. The number of hydrogen-bond donors (Lipinski definition) is 1. The third-order valence-corrected chi connectivity index (χ3v) is 4.75. The highest BCUT2D eigenvalue weighted by Gasteiger charge is 2.33. The summed E-state index contributed by atoms with van der Waals surface area (Å²) in [7, 11) is 1.84. The average molecular weight is 361 g/mol. The number of aliphatic hydroxyl groups is 1. The number of nitrogens with zero attached hydrogens (tertiary/aromatic N) is 5. The molecule has 142 valence electrons. The van der Waals surface area contributed by atoms with Crippen LogP contribution in [0.15, 0.2) is 12.4 Å². The SMILES string of the molecule is CCn1cc(CN(CCO)C(=O)c2nn(C)c3c2C[C@H](C)O[C@@H]3C)cn1. The molecule has 0 fully saturated rings. The van der Waals surface area contributed by atoms with E-state index in [0.717, 1.165) is 23.4 Å². The average Bonchev–Trinajstić information content (AvgIpc) is 3.18. The Morgan fingerprint density at radius 3 is 2.88 bits per heavy atom. The van der Waals surface area contributed by atoms with E-state index < -0.39 is 0 Å². The van der Waals surface area contributed by atoms with Gasteiger partial charge in [0, 0.05) is 50.4 Å². The van der Waals surface area contributed by atoms with Crippen LogP contribution in [-0.4, -0.2) is 54.7 Å². The molecule has 26 heavy (non-hydrogen) atoms. The topological polar surface area (TPSA) is 85.4 Å². The van der Waals surface area contributed by atoms with Crippen molar-refractivity contribution >= 4 is 5.91 Å². The summed E-state index contributed by atoms with van der Waals surface area (Å²) in [6.07, 6.45) is 4.29. The van der Waals surface area contributed by atoms with Crippen LogP contribution in [0.2, 0.25) is 0 Å². The number of aromatic nitrogens is 4. The zero-order valence-corrected chi connectivity index (χ0v) is 15.8. The first-order chi connectivity index (χ1) is 12.4. The second kappa shape index (κ2) is 7.59. The number of carbonyl (C=O) groups excluding carboxylic acids is 1. The molecule has 1 aliphatic rings. The minimum atomic E-state index is -0.165. The fourth-order valence-corrected chi connectivity index (χ4v) is 3.62. The van der Waals surface area contributed by atoms with Gasteiger partial charge < -0.3 is 14.7 Å². The maximum Gasteiger partial charge on any atom is 0.275 e. The van der Waals surface area contributed by atoms with Crippen molar-refractivity contribution in [1.29, 1.82) is 0 Å². The molecule has 1 N–H and O–H groups in total. The van der Waals surface area contributed by atoms with E-state index in [1.54, 1.807) is 15.8 Å². The van der Waals surface area contributed by atoms with Gasteiger partial charge in [0.25, 0.3) is 5.91 Å². The lowest BCUT2D eigenvalue weighted by atomic mass is 9.99. The highest BCUT2D eigenvalue weighted by Crippen LogP contribution is 2.32. The summed E-state index contributed by atoms with van der Waals surface area (Å²) in [5, 5.41) is 18.2. The van der Waals surface area contributed by atoms with Crippen LogP contribution in [0.1, 0.15) is 54.2 Å². The molecule has 0 aliphatic carbocycles. The van der Waals surface area contributed by atoms with E-state index in [1.165, 1.54) is 0 Å². The molecule has 0 unspecified atom stereocenters. The molecular formula is C18H27N5O3. The summed E-state index contributed by atoms with van der Waals surface area (Å²) in [6, 6.07) is 0. The van der Waals surface area contributed by atoms with Crippen molar-refractivity contribution in [2.24, 2.45) is 7.05 Å². The number of aliphatic hydroxyl groups excluding tert-OH is 1. The van der Waals surface area contributed by atoms with Crippen LogP contribution in [0.5, 0.6) is 0 Å². The molecule has 8 heteroatoms. The summed E-state index contributed by atoms with van der Waals surface area (Å²) in [5.41, 5.74) is 3.30. The van der Waals surface area contributed by atoms with Gasteiger partial charge in [-0.25, -0.2) is 0 Å². The van der Waals surface area contributed by atoms with Gasteiger partial charge in [-0.1, -0.05) is 0 Å².